The number of H-pyrrole nitrogens is 1. The van der Waals surface area contributed by atoms with Crippen LogP contribution in [0.25, 0.3) is 10.9 Å². The molecule has 1 heterocycles. The number of pyridine rings is 1. The Hall–Kier alpha value is -2.63. The summed E-state index contributed by atoms with van der Waals surface area (Å²) >= 11 is 6.19. The molecular formula is C22H23ClN2O3. The number of aliphatic hydroxyl groups is 1. The molecule has 0 aliphatic heterocycles. The molecule has 0 saturated carbocycles. The average Bonchev–Trinajstić information content (AvgIpc) is 2.68. The third-order valence-corrected chi connectivity index (χ3v) is 5.34. The molecule has 0 fully saturated rings. The lowest BCUT2D eigenvalue weighted by molar-refractivity contribution is 0.0820. The standard InChI is InChI=1S/C22H23ClN2O3/c1-3-6-19(21(27)14-7-4-9-17(23)13(14)2)25-22(28)16-8-5-10-18-15(16)11-12-20(26)24-18/h4-5,7-12,19,21,27H,3,6H2,1-2H3,(H,24,26)(H,25,28)/t19-,21+/m1/s1. The van der Waals surface area contributed by atoms with Crippen LogP contribution in [0.15, 0.2) is 53.3 Å². The van der Waals surface area contributed by atoms with E-state index in [0.29, 0.717) is 33.5 Å². The lowest BCUT2D eigenvalue weighted by atomic mass is 9.94. The largest absolute Gasteiger partial charge is 0.386 e. The third kappa shape index (κ3) is 4.11. The first kappa shape index (κ1) is 20.1. The first-order chi connectivity index (χ1) is 13.4. The molecular weight excluding hydrogens is 376 g/mol. The molecule has 3 N–H and O–H groups in total. The summed E-state index contributed by atoms with van der Waals surface area (Å²) in [7, 11) is 0. The van der Waals surface area contributed by atoms with Gasteiger partial charge in [0.2, 0.25) is 5.56 Å². The van der Waals surface area contributed by atoms with Crippen molar-refractivity contribution in [3.05, 3.63) is 80.6 Å². The maximum Gasteiger partial charge on any atom is 0.252 e. The summed E-state index contributed by atoms with van der Waals surface area (Å²) in [5.74, 6) is -0.296. The Bertz CT molecular complexity index is 1060. The van der Waals surface area contributed by atoms with Crippen LogP contribution in [0.4, 0.5) is 0 Å². The van der Waals surface area contributed by atoms with Gasteiger partial charge in [-0.1, -0.05) is 43.1 Å². The van der Waals surface area contributed by atoms with Crippen LogP contribution in [0.5, 0.6) is 0 Å². The van der Waals surface area contributed by atoms with E-state index in [2.05, 4.69) is 10.3 Å². The second-order valence-corrected chi connectivity index (χ2v) is 7.26. The zero-order valence-corrected chi connectivity index (χ0v) is 16.6. The predicted octanol–water partition coefficient (Wildman–Crippen LogP) is 4.12. The lowest BCUT2D eigenvalue weighted by Gasteiger charge is -2.26. The summed E-state index contributed by atoms with van der Waals surface area (Å²) in [6, 6.07) is 13.1. The van der Waals surface area contributed by atoms with E-state index in [1.165, 1.54) is 6.07 Å². The van der Waals surface area contributed by atoms with E-state index >= 15 is 0 Å². The Morgan fingerprint density at radius 2 is 1.93 bits per heavy atom. The highest BCUT2D eigenvalue weighted by atomic mass is 35.5. The summed E-state index contributed by atoms with van der Waals surface area (Å²) in [6.07, 6.45) is 0.530. The fraction of sp³-hybridized carbons (Fsp3) is 0.273. The van der Waals surface area contributed by atoms with Gasteiger partial charge in [0.05, 0.1) is 12.1 Å². The van der Waals surface area contributed by atoms with Crippen molar-refractivity contribution in [2.45, 2.75) is 38.8 Å². The van der Waals surface area contributed by atoms with Crippen molar-refractivity contribution >= 4 is 28.4 Å². The number of aromatic nitrogens is 1. The van der Waals surface area contributed by atoms with Crippen molar-refractivity contribution in [2.24, 2.45) is 0 Å². The van der Waals surface area contributed by atoms with Crippen LogP contribution in [0, 0.1) is 6.92 Å². The van der Waals surface area contributed by atoms with Crippen LogP contribution in [0.3, 0.4) is 0 Å². The fourth-order valence-corrected chi connectivity index (χ4v) is 3.59. The Morgan fingerprint density at radius 3 is 2.68 bits per heavy atom. The minimum Gasteiger partial charge on any atom is -0.386 e. The Kier molecular flexibility index (Phi) is 6.17. The van der Waals surface area contributed by atoms with Crippen molar-refractivity contribution in [3.8, 4) is 0 Å². The van der Waals surface area contributed by atoms with Crippen molar-refractivity contribution in [2.75, 3.05) is 0 Å². The molecule has 1 aromatic heterocycles. The van der Waals surface area contributed by atoms with Crippen LogP contribution in [0.2, 0.25) is 5.02 Å². The van der Waals surface area contributed by atoms with Crippen molar-refractivity contribution in [1.29, 1.82) is 0 Å². The molecule has 5 nitrogen and oxygen atoms in total. The molecule has 0 aliphatic rings. The molecule has 6 heteroatoms. The first-order valence-corrected chi connectivity index (χ1v) is 9.66. The SMILES string of the molecule is CCC[C@@H](NC(=O)c1cccc2[nH]c(=O)ccc12)[C@@H](O)c1cccc(Cl)c1C. The van der Waals surface area contributed by atoms with Gasteiger partial charge in [-0.3, -0.25) is 9.59 Å². The van der Waals surface area contributed by atoms with Crippen LogP contribution < -0.4 is 10.9 Å². The fourth-order valence-electron chi connectivity index (χ4n) is 3.41. The molecule has 1 amide bonds. The highest BCUT2D eigenvalue weighted by Gasteiger charge is 2.25. The van der Waals surface area contributed by atoms with Crippen molar-refractivity contribution in [3.63, 3.8) is 0 Å². The van der Waals surface area contributed by atoms with Gasteiger partial charge in [-0.05, 0) is 48.7 Å². The zero-order chi connectivity index (χ0) is 20.3. The average molecular weight is 399 g/mol. The summed E-state index contributed by atoms with van der Waals surface area (Å²) in [4.78, 5) is 27.2. The highest BCUT2D eigenvalue weighted by molar-refractivity contribution is 6.31. The molecule has 3 aromatic rings. The second-order valence-electron chi connectivity index (χ2n) is 6.86. The van der Waals surface area contributed by atoms with E-state index in [-0.39, 0.29) is 11.5 Å². The maximum atomic E-state index is 13.0. The van der Waals surface area contributed by atoms with E-state index in [0.717, 1.165) is 12.0 Å². The predicted molar refractivity (Wildman–Crippen MR) is 112 cm³/mol. The van der Waals surface area contributed by atoms with Crippen LogP contribution in [-0.4, -0.2) is 22.0 Å². The van der Waals surface area contributed by atoms with Crippen LogP contribution >= 0.6 is 11.6 Å². The monoisotopic (exact) mass is 398 g/mol. The van der Waals surface area contributed by atoms with Gasteiger partial charge in [0.15, 0.2) is 0 Å². The van der Waals surface area contributed by atoms with Gasteiger partial charge in [0.1, 0.15) is 0 Å². The Labute approximate surface area is 168 Å². The Balaban J connectivity index is 1.91. The molecule has 0 radical (unpaired) electrons. The molecule has 2 atom stereocenters. The number of carbonyl (C=O) groups excluding carboxylic acids is 1. The van der Waals surface area contributed by atoms with Crippen molar-refractivity contribution in [1.82, 2.24) is 10.3 Å². The second kappa shape index (κ2) is 8.59. The number of benzene rings is 2. The van der Waals surface area contributed by atoms with Gasteiger partial charge in [-0.25, -0.2) is 0 Å². The molecule has 0 saturated heterocycles. The topological polar surface area (TPSA) is 82.2 Å². The van der Waals surface area contributed by atoms with Crippen molar-refractivity contribution < 1.29 is 9.90 Å². The number of amides is 1. The lowest BCUT2D eigenvalue weighted by Crippen LogP contribution is -2.39. The number of aliphatic hydroxyl groups excluding tert-OH is 1. The molecule has 3 rings (SSSR count). The summed E-state index contributed by atoms with van der Waals surface area (Å²) in [5.41, 5.74) is 2.33. The van der Waals surface area contributed by atoms with Gasteiger partial charge < -0.3 is 15.4 Å². The number of hydrogen-bond acceptors (Lipinski definition) is 3. The van der Waals surface area contributed by atoms with Gasteiger partial charge in [0, 0.05) is 27.6 Å². The minimum absolute atomic E-state index is 0.222. The number of nitrogens with one attached hydrogen (secondary N) is 2. The number of fused-ring (bicyclic) bond motifs is 1. The smallest absolute Gasteiger partial charge is 0.252 e. The van der Waals surface area contributed by atoms with E-state index in [4.69, 9.17) is 11.6 Å². The molecule has 146 valence electrons. The third-order valence-electron chi connectivity index (χ3n) is 4.94. The normalized spacial score (nSPS) is 13.3. The summed E-state index contributed by atoms with van der Waals surface area (Å²) in [5, 5.41) is 15.1. The number of halogens is 1. The van der Waals surface area contributed by atoms with Gasteiger partial charge in [-0.2, -0.15) is 0 Å². The molecule has 2 aromatic carbocycles. The summed E-state index contributed by atoms with van der Waals surface area (Å²) < 4.78 is 0. The van der Waals surface area contributed by atoms with E-state index in [9.17, 15) is 14.7 Å². The van der Waals surface area contributed by atoms with E-state index in [1.54, 1.807) is 36.4 Å². The van der Waals surface area contributed by atoms with Gasteiger partial charge in [-0.15, -0.1) is 0 Å². The molecule has 0 spiro atoms. The molecule has 28 heavy (non-hydrogen) atoms. The molecule has 0 unspecified atom stereocenters. The van der Waals surface area contributed by atoms with E-state index < -0.39 is 12.1 Å². The Morgan fingerprint density at radius 1 is 1.18 bits per heavy atom. The number of hydrogen-bond donors (Lipinski definition) is 3. The van der Waals surface area contributed by atoms with Crippen LogP contribution in [0.1, 0.15) is 47.4 Å². The maximum absolute atomic E-state index is 13.0. The van der Waals surface area contributed by atoms with Gasteiger partial charge >= 0.3 is 0 Å². The highest BCUT2D eigenvalue weighted by Crippen LogP contribution is 2.28. The first-order valence-electron chi connectivity index (χ1n) is 9.28. The summed E-state index contributed by atoms with van der Waals surface area (Å²) in [6.45, 7) is 3.85. The van der Waals surface area contributed by atoms with E-state index in [1.807, 2.05) is 19.9 Å². The quantitative estimate of drug-likeness (QED) is 0.584. The van der Waals surface area contributed by atoms with Gasteiger partial charge in [0.25, 0.3) is 5.91 Å². The zero-order valence-electron chi connectivity index (χ0n) is 15.8. The minimum atomic E-state index is -0.877. The molecule has 0 aliphatic carbocycles. The molecule has 0 bridgehead atoms. The number of carbonyl (C=O) groups is 1. The van der Waals surface area contributed by atoms with Crippen LogP contribution in [-0.2, 0) is 0 Å². The number of rotatable bonds is 6. The number of aromatic amines is 1.